The molecule has 1 aromatic carbocycles. The van der Waals surface area contributed by atoms with Gasteiger partial charge < -0.3 is 5.32 Å². The Morgan fingerprint density at radius 3 is 2.80 bits per heavy atom. The largest absolute Gasteiger partial charge is 0.362 e. The van der Waals surface area contributed by atoms with Gasteiger partial charge in [-0.05, 0) is 35.0 Å². The minimum atomic E-state index is 0.0411. The molecule has 98 valence electrons. The molecule has 7 heteroatoms. The van der Waals surface area contributed by atoms with Crippen LogP contribution in [0.2, 0.25) is 0 Å². The number of rotatable bonds is 3. The van der Waals surface area contributed by atoms with Crippen molar-refractivity contribution in [3.05, 3.63) is 47.8 Å². The van der Waals surface area contributed by atoms with Crippen molar-refractivity contribution in [1.82, 2.24) is 25.0 Å². The van der Waals surface area contributed by atoms with E-state index in [1.807, 2.05) is 19.1 Å². The molecule has 1 atom stereocenters. The van der Waals surface area contributed by atoms with E-state index in [9.17, 15) is 0 Å². The zero-order valence-electron chi connectivity index (χ0n) is 10.7. The van der Waals surface area contributed by atoms with Crippen LogP contribution >= 0.6 is 0 Å². The van der Waals surface area contributed by atoms with Crippen molar-refractivity contribution < 1.29 is 0 Å². The van der Waals surface area contributed by atoms with Crippen LogP contribution in [0.1, 0.15) is 24.1 Å². The average molecular weight is 265 g/mol. The van der Waals surface area contributed by atoms with E-state index in [0.717, 1.165) is 5.56 Å². The van der Waals surface area contributed by atoms with Crippen LogP contribution in [-0.4, -0.2) is 25.0 Å². The predicted molar refractivity (Wildman–Crippen MR) is 71.8 cm³/mol. The number of nitrogens with one attached hydrogen (secondary N) is 1. The average Bonchev–Trinajstić information content (AvgIpc) is 2.97. The van der Waals surface area contributed by atoms with Crippen LogP contribution in [0.4, 0.5) is 5.82 Å². The molecular formula is C13H11N7. The number of aromatic nitrogens is 5. The summed E-state index contributed by atoms with van der Waals surface area (Å²) in [5.41, 5.74) is 2.29. The van der Waals surface area contributed by atoms with Crippen LogP contribution in [0.3, 0.4) is 0 Å². The highest BCUT2D eigenvalue weighted by molar-refractivity contribution is 5.45. The Hall–Kier alpha value is -3.01. The van der Waals surface area contributed by atoms with Crippen LogP contribution in [0.25, 0.3) is 5.65 Å². The molecule has 3 rings (SSSR count). The molecule has 0 amide bonds. The lowest BCUT2D eigenvalue weighted by atomic mass is 10.1. The summed E-state index contributed by atoms with van der Waals surface area (Å²) in [6.07, 6.45) is 3.26. The van der Waals surface area contributed by atoms with Crippen molar-refractivity contribution in [2.45, 2.75) is 13.0 Å². The lowest BCUT2D eigenvalue weighted by Crippen LogP contribution is -2.10. The second-order valence-corrected chi connectivity index (χ2v) is 4.34. The van der Waals surface area contributed by atoms with Gasteiger partial charge in [-0.3, -0.25) is 4.98 Å². The number of nitriles is 1. The molecule has 0 saturated carbocycles. The number of benzene rings is 1. The Bertz CT molecular complexity index is 769. The van der Waals surface area contributed by atoms with Crippen molar-refractivity contribution in [1.29, 1.82) is 5.26 Å². The molecular weight excluding hydrogens is 254 g/mol. The molecule has 0 fully saturated rings. The molecule has 2 aromatic heterocycles. The van der Waals surface area contributed by atoms with Gasteiger partial charge in [0, 0.05) is 6.04 Å². The second-order valence-electron chi connectivity index (χ2n) is 4.34. The Balaban J connectivity index is 1.86. The molecule has 0 bridgehead atoms. The molecule has 0 radical (unpaired) electrons. The smallest absolute Gasteiger partial charge is 0.199 e. The minimum absolute atomic E-state index is 0.0411. The van der Waals surface area contributed by atoms with Crippen molar-refractivity contribution >= 4 is 11.5 Å². The standard InChI is InChI=1S/C13H11N7/c1-9(11-4-2-10(6-14)3-5-11)16-12-7-15-8-13-17-18-19-20(12)13/h2-5,7-9,16H,1H3. The highest BCUT2D eigenvalue weighted by Crippen LogP contribution is 2.18. The fraction of sp³-hybridized carbons (Fsp3) is 0.154. The van der Waals surface area contributed by atoms with Gasteiger partial charge in [-0.25, -0.2) is 0 Å². The SMILES string of the molecule is CC(Nc1cncc2nnnn12)c1ccc(C#N)cc1. The van der Waals surface area contributed by atoms with E-state index in [0.29, 0.717) is 17.0 Å². The maximum absolute atomic E-state index is 8.80. The Labute approximate surface area is 114 Å². The van der Waals surface area contributed by atoms with Gasteiger partial charge in [0.05, 0.1) is 24.0 Å². The predicted octanol–water partition coefficient (Wildman–Crippen LogP) is 1.56. The molecule has 0 aliphatic heterocycles. The third-order valence-corrected chi connectivity index (χ3v) is 3.01. The molecule has 3 aromatic rings. The minimum Gasteiger partial charge on any atom is -0.362 e. The number of nitrogens with zero attached hydrogens (tertiary/aromatic N) is 6. The third kappa shape index (κ3) is 2.14. The van der Waals surface area contributed by atoms with Crippen LogP contribution < -0.4 is 5.32 Å². The van der Waals surface area contributed by atoms with E-state index in [4.69, 9.17) is 5.26 Å². The highest BCUT2D eigenvalue weighted by atomic mass is 15.5. The van der Waals surface area contributed by atoms with Gasteiger partial charge in [-0.1, -0.05) is 12.1 Å². The van der Waals surface area contributed by atoms with Gasteiger partial charge >= 0.3 is 0 Å². The Morgan fingerprint density at radius 1 is 1.25 bits per heavy atom. The number of hydrogen-bond acceptors (Lipinski definition) is 6. The molecule has 2 heterocycles. The van der Waals surface area contributed by atoms with Crippen molar-refractivity contribution in [2.24, 2.45) is 0 Å². The molecule has 0 saturated heterocycles. The summed E-state index contributed by atoms with van der Waals surface area (Å²) in [5, 5.41) is 23.5. The maximum atomic E-state index is 8.80. The van der Waals surface area contributed by atoms with Crippen LogP contribution in [-0.2, 0) is 0 Å². The zero-order chi connectivity index (χ0) is 13.9. The first-order valence-corrected chi connectivity index (χ1v) is 6.06. The van der Waals surface area contributed by atoms with E-state index in [1.165, 1.54) is 0 Å². The number of hydrogen-bond donors (Lipinski definition) is 1. The molecule has 7 nitrogen and oxygen atoms in total. The van der Waals surface area contributed by atoms with Gasteiger partial charge in [-0.15, -0.1) is 5.10 Å². The van der Waals surface area contributed by atoms with Crippen molar-refractivity contribution in [2.75, 3.05) is 5.32 Å². The molecule has 1 N–H and O–H groups in total. The lowest BCUT2D eigenvalue weighted by molar-refractivity contribution is 0.796. The van der Waals surface area contributed by atoms with E-state index in [2.05, 4.69) is 31.9 Å². The second kappa shape index (κ2) is 4.93. The highest BCUT2D eigenvalue weighted by Gasteiger charge is 2.09. The number of fused-ring (bicyclic) bond motifs is 1. The van der Waals surface area contributed by atoms with Gasteiger partial charge in [0.15, 0.2) is 11.5 Å². The summed E-state index contributed by atoms with van der Waals surface area (Å²) in [5.74, 6) is 0.712. The van der Waals surface area contributed by atoms with Crippen LogP contribution in [0, 0.1) is 11.3 Å². The van der Waals surface area contributed by atoms with Crippen LogP contribution in [0.15, 0.2) is 36.7 Å². The Morgan fingerprint density at radius 2 is 2.05 bits per heavy atom. The van der Waals surface area contributed by atoms with Gasteiger partial charge in [0.2, 0.25) is 0 Å². The summed E-state index contributed by atoms with van der Waals surface area (Å²) in [7, 11) is 0. The fourth-order valence-electron chi connectivity index (χ4n) is 1.93. The quantitative estimate of drug-likeness (QED) is 0.772. The lowest BCUT2D eigenvalue weighted by Gasteiger charge is -2.15. The van der Waals surface area contributed by atoms with E-state index in [-0.39, 0.29) is 6.04 Å². The third-order valence-electron chi connectivity index (χ3n) is 3.01. The maximum Gasteiger partial charge on any atom is 0.199 e. The fourth-order valence-corrected chi connectivity index (χ4v) is 1.93. The molecule has 0 aliphatic rings. The van der Waals surface area contributed by atoms with E-state index in [1.54, 1.807) is 29.0 Å². The van der Waals surface area contributed by atoms with E-state index < -0.39 is 0 Å². The van der Waals surface area contributed by atoms with Crippen LogP contribution in [0.5, 0.6) is 0 Å². The van der Waals surface area contributed by atoms with Gasteiger partial charge in [-0.2, -0.15) is 9.78 Å². The van der Waals surface area contributed by atoms with Crippen molar-refractivity contribution in [3.8, 4) is 6.07 Å². The molecule has 1 unspecified atom stereocenters. The summed E-state index contributed by atoms with van der Waals surface area (Å²) >= 11 is 0. The normalized spacial score (nSPS) is 12.0. The summed E-state index contributed by atoms with van der Waals surface area (Å²) in [4.78, 5) is 4.09. The summed E-state index contributed by atoms with van der Waals surface area (Å²) in [6.45, 7) is 2.02. The topological polar surface area (TPSA) is 91.8 Å². The summed E-state index contributed by atoms with van der Waals surface area (Å²) < 4.78 is 1.59. The zero-order valence-corrected chi connectivity index (χ0v) is 10.7. The van der Waals surface area contributed by atoms with E-state index >= 15 is 0 Å². The molecule has 0 spiro atoms. The number of tetrazole rings is 1. The Kier molecular flexibility index (Phi) is 2.97. The van der Waals surface area contributed by atoms with Gasteiger partial charge in [0.25, 0.3) is 0 Å². The first-order valence-electron chi connectivity index (χ1n) is 6.06. The molecule has 20 heavy (non-hydrogen) atoms. The first kappa shape index (κ1) is 12.0. The van der Waals surface area contributed by atoms with Gasteiger partial charge in [0.1, 0.15) is 0 Å². The monoisotopic (exact) mass is 265 g/mol. The summed E-state index contributed by atoms with van der Waals surface area (Å²) in [6, 6.07) is 9.57. The molecule has 0 aliphatic carbocycles. The number of anilines is 1. The first-order chi connectivity index (χ1) is 9.78. The van der Waals surface area contributed by atoms with Crippen molar-refractivity contribution in [3.63, 3.8) is 0 Å².